The van der Waals surface area contributed by atoms with E-state index in [9.17, 15) is 0 Å². The van der Waals surface area contributed by atoms with Crippen molar-refractivity contribution < 1.29 is 0 Å². The summed E-state index contributed by atoms with van der Waals surface area (Å²) < 4.78 is 0. The third kappa shape index (κ3) is 1.53. The second kappa shape index (κ2) is 3.97. The first-order valence-electron chi connectivity index (χ1n) is 6.75. The smallest absolute Gasteiger partial charge is 0.0457 e. The van der Waals surface area contributed by atoms with Crippen LogP contribution in [0.2, 0.25) is 0 Å². The molecule has 0 saturated carbocycles. The Balaban J connectivity index is 1.90. The second-order valence-corrected chi connectivity index (χ2v) is 5.31. The van der Waals surface area contributed by atoms with Crippen molar-refractivity contribution >= 4 is 10.9 Å². The highest BCUT2D eigenvalue weighted by molar-refractivity contribution is 5.84. The molecule has 0 spiro atoms. The minimum atomic E-state index is 0.162. The minimum Gasteiger partial charge on any atom is -0.361 e. The number of nitrogens with two attached hydrogens (primary N) is 1. The van der Waals surface area contributed by atoms with E-state index in [1.807, 2.05) is 0 Å². The van der Waals surface area contributed by atoms with Crippen LogP contribution < -0.4 is 5.73 Å². The van der Waals surface area contributed by atoms with Crippen molar-refractivity contribution in [3.8, 4) is 0 Å². The molecule has 0 fully saturated rings. The van der Waals surface area contributed by atoms with Gasteiger partial charge < -0.3 is 10.7 Å². The van der Waals surface area contributed by atoms with E-state index in [-0.39, 0.29) is 6.04 Å². The van der Waals surface area contributed by atoms with Crippen LogP contribution >= 0.6 is 0 Å². The Kier molecular flexibility index (Phi) is 2.26. The van der Waals surface area contributed by atoms with Gasteiger partial charge in [0.25, 0.3) is 0 Å². The molecule has 4 rings (SSSR count). The molecule has 0 amide bonds. The molecule has 3 N–H and O–H groups in total. The Morgan fingerprint density at radius 1 is 0.895 bits per heavy atom. The number of H-pyrrole nitrogens is 1. The van der Waals surface area contributed by atoms with Gasteiger partial charge in [0, 0.05) is 29.1 Å². The zero-order chi connectivity index (χ0) is 12.8. The van der Waals surface area contributed by atoms with Gasteiger partial charge in [-0.25, -0.2) is 0 Å². The molecular formula is C17H16N2. The van der Waals surface area contributed by atoms with Crippen LogP contribution in [0.15, 0.2) is 54.7 Å². The molecule has 0 bridgehead atoms. The van der Waals surface area contributed by atoms with Crippen molar-refractivity contribution in [1.82, 2.24) is 4.98 Å². The van der Waals surface area contributed by atoms with Crippen LogP contribution in [0.3, 0.4) is 0 Å². The third-order valence-electron chi connectivity index (χ3n) is 4.26. The SMILES string of the molecule is N[C@@H]1C[C@H](c2c[nH]c3ccccc23)c2ccccc21. The predicted octanol–water partition coefficient (Wildman–Crippen LogP) is 3.70. The largest absolute Gasteiger partial charge is 0.361 e. The summed E-state index contributed by atoms with van der Waals surface area (Å²) in [5.41, 5.74) is 11.5. The summed E-state index contributed by atoms with van der Waals surface area (Å²) in [5.74, 6) is 0.419. The molecule has 1 heterocycles. The number of nitrogens with one attached hydrogen (secondary N) is 1. The number of para-hydroxylation sites is 1. The van der Waals surface area contributed by atoms with Crippen LogP contribution in [0.1, 0.15) is 35.1 Å². The molecule has 2 atom stereocenters. The van der Waals surface area contributed by atoms with Gasteiger partial charge in [-0.3, -0.25) is 0 Å². The lowest BCUT2D eigenvalue weighted by Gasteiger charge is -2.10. The van der Waals surface area contributed by atoms with Crippen LogP contribution in [-0.2, 0) is 0 Å². The molecule has 1 aliphatic rings. The van der Waals surface area contributed by atoms with Gasteiger partial charge in [-0.1, -0.05) is 42.5 Å². The number of benzene rings is 2. The highest BCUT2D eigenvalue weighted by atomic mass is 14.7. The van der Waals surface area contributed by atoms with Gasteiger partial charge in [-0.05, 0) is 29.2 Å². The van der Waals surface area contributed by atoms with Gasteiger partial charge in [-0.2, -0.15) is 0 Å². The van der Waals surface area contributed by atoms with Crippen molar-refractivity contribution in [3.63, 3.8) is 0 Å². The first-order chi connectivity index (χ1) is 9.34. The Labute approximate surface area is 112 Å². The number of hydrogen-bond acceptors (Lipinski definition) is 1. The van der Waals surface area contributed by atoms with Crippen LogP contribution in [0.4, 0.5) is 0 Å². The maximum Gasteiger partial charge on any atom is 0.0457 e. The lowest BCUT2D eigenvalue weighted by molar-refractivity contribution is 0.664. The maximum atomic E-state index is 6.28. The van der Waals surface area contributed by atoms with E-state index in [0.29, 0.717) is 5.92 Å². The summed E-state index contributed by atoms with van der Waals surface area (Å²) >= 11 is 0. The number of fused-ring (bicyclic) bond motifs is 2. The van der Waals surface area contributed by atoms with E-state index in [4.69, 9.17) is 5.73 Å². The Morgan fingerprint density at radius 3 is 2.53 bits per heavy atom. The third-order valence-corrected chi connectivity index (χ3v) is 4.26. The van der Waals surface area contributed by atoms with Gasteiger partial charge >= 0.3 is 0 Å². The van der Waals surface area contributed by atoms with Crippen molar-refractivity contribution in [2.45, 2.75) is 18.4 Å². The highest BCUT2D eigenvalue weighted by Gasteiger charge is 2.30. The molecule has 2 nitrogen and oxygen atoms in total. The summed E-state index contributed by atoms with van der Waals surface area (Å²) in [4.78, 5) is 3.37. The van der Waals surface area contributed by atoms with Crippen LogP contribution in [0, 0.1) is 0 Å². The fraction of sp³-hybridized carbons (Fsp3) is 0.176. The molecule has 2 heteroatoms. The molecule has 0 unspecified atom stereocenters. The van der Waals surface area contributed by atoms with Crippen molar-refractivity contribution in [3.05, 3.63) is 71.4 Å². The first-order valence-corrected chi connectivity index (χ1v) is 6.75. The molecule has 0 radical (unpaired) electrons. The summed E-state index contributed by atoms with van der Waals surface area (Å²) in [7, 11) is 0. The first kappa shape index (κ1) is 10.8. The number of rotatable bonds is 1. The maximum absolute atomic E-state index is 6.28. The molecule has 1 aromatic heterocycles. The number of aromatic amines is 1. The van der Waals surface area contributed by atoms with Crippen LogP contribution in [-0.4, -0.2) is 4.98 Å². The number of hydrogen-bond donors (Lipinski definition) is 2. The van der Waals surface area contributed by atoms with Gasteiger partial charge in [0.05, 0.1) is 0 Å². The van der Waals surface area contributed by atoms with Crippen molar-refractivity contribution in [1.29, 1.82) is 0 Å². The topological polar surface area (TPSA) is 41.8 Å². The van der Waals surface area contributed by atoms with Crippen molar-refractivity contribution in [2.75, 3.05) is 0 Å². The summed E-state index contributed by atoms with van der Waals surface area (Å²) in [6.45, 7) is 0. The van der Waals surface area contributed by atoms with E-state index in [2.05, 4.69) is 59.7 Å². The van der Waals surface area contributed by atoms with E-state index in [0.717, 1.165) is 6.42 Å². The normalized spacial score (nSPS) is 21.7. The van der Waals surface area contributed by atoms with E-state index in [1.54, 1.807) is 0 Å². The van der Waals surface area contributed by atoms with Gasteiger partial charge in [0.2, 0.25) is 0 Å². The molecule has 19 heavy (non-hydrogen) atoms. The number of aromatic nitrogens is 1. The van der Waals surface area contributed by atoms with Gasteiger partial charge in [-0.15, -0.1) is 0 Å². The molecule has 0 aliphatic heterocycles. The average molecular weight is 248 g/mol. The highest BCUT2D eigenvalue weighted by Crippen LogP contribution is 2.44. The Hall–Kier alpha value is -2.06. The second-order valence-electron chi connectivity index (χ2n) is 5.31. The zero-order valence-electron chi connectivity index (χ0n) is 10.6. The van der Waals surface area contributed by atoms with Crippen LogP contribution in [0.25, 0.3) is 10.9 Å². The van der Waals surface area contributed by atoms with Crippen LogP contribution in [0.5, 0.6) is 0 Å². The molecule has 94 valence electrons. The van der Waals surface area contributed by atoms with E-state index in [1.165, 1.54) is 27.6 Å². The molecular weight excluding hydrogens is 232 g/mol. The zero-order valence-corrected chi connectivity index (χ0v) is 10.6. The summed E-state index contributed by atoms with van der Waals surface area (Å²) in [6, 6.07) is 17.2. The molecule has 2 aromatic carbocycles. The van der Waals surface area contributed by atoms with Gasteiger partial charge in [0.15, 0.2) is 0 Å². The Morgan fingerprint density at radius 2 is 1.63 bits per heavy atom. The molecule has 1 aliphatic carbocycles. The van der Waals surface area contributed by atoms with E-state index >= 15 is 0 Å². The molecule has 3 aromatic rings. The standard InChI is InChI=1S/C17H16N2/c18-16-9-14(11-5-1-2-6-12(11)16)15-10-19-17-8-4-3-7-13(15)17/h1-8,10,14,16,19H,9,18H2/t14-,16+/m0/s1. The summed E-state index contributed by atoms with van der Waals surface area (Å²) in [6.07, 6.45) is 3.14. The fourth-order valence-electron chi connectivity index (χ4n) is 3.35. The van der Waals surface area contributed by atoms with Gasteiger partial charge in [0.1, 0.15) is 0 Å². The minimum absolute atomic E-state index is 0.162. The lowest BCUT2D eigenvalue weighted by atomic mass is 9.93. The monoisotopic (exact) mass is 248 g/mol. The predicted molar refractivity (Wildman–Crippen MR) is 78.1 cm³/mol. The van der Waals surface area contributed by atoms with E-state index < -0.39 is 0 Å². The molecule has 0 saturated heterocycles. The quantitative estimate of drug-likeness (QED) is 0.677. The summed E-state index contributed by atoms with van der Waals surface area (Å²) in [5, 5.41) is 1.32. The fourth-order valence-corrected chi connectivity index (χ4v) is 3.35. The lowest BCUT2D eigenvalue weighted by Crippen LogP contribution is -2.05. The van der Waals surface area contributed by atoms with Crippen molar-refractivity contribution in [2.24, 2.45) is 5.73 Å². The average Bonchev–Trinajstić information content (AvgIpc) is 3.01. The Bertz CT molecular complexity index is 742.